The van der Waals surface area contributed by atoms with Crippen molar-refractivity contribution in [3.8, 4) is 6.07 Å². The summed E-state index contributed by atoms with van der Waals surface area (Å²) < 4.78 is 8.22. The summed E-state index contributed by atoms with van der Waals surface area (Å²) in [7, 11) is 0. The van der Waals surface area contributed by atoms with Crippen molar-refractivity contribution < 1.29 is 57.9 Å². The fourth-order valence-electron chi connectivity index (χ4n) is 12.5. The van der Waals surface area contributed by atoms with Crippen molar-refractivity contribution in [3.05, 3.63) is 215 Å². The average molecular weight is 1030 g/mol. The van der Waals surface area contributed by atoms with Crippen LogP contribution >= 0.6 is 0 Å². The monoisotopic (exact) mass is 1020 g/mol. The molecule has 2 N–H and O–H groups in total. The van der Waals surface area contributed by atoms with Gasteiger partial charge in [0.2, 0.25) is 0 Å². The molecule has 6 aromatic carbocycles. The number of fused-ring (bicyclic) bond motifs is 6. The number of nitrogens with zero attached hydrogens (tertiary/aromatic N) is 3. The van der Waals surface area contributed by atoms with Gasteiger partial charge in [-0.15, -0.1) is 0 Å². The van der Waals surface area contributed by atoms with E-state index in [9.17, 15) is 10.2 Å². The molecule has 6 nitrogen and oxygen atoms in total. The summed E-state index contributed by atoms with van der Waals surface area (Å²) in [4.78, 5) is 0. The molecule has 12 rings (SSSR count). The van der Waals surface area contributed by atoms with Crippen molar-refractivity contribution in [2.75, 3.05) is 52.4 Å². The second-order valence-electron chi connectivity index (χ2n) is 19.9. The van der Waals surface area contributed by atoms with Crippen LogP contribution in [0.4, 0.5) is 0 Å². The van der Waals surface area contributed by atoms with E-state index in [4.69, 9.17) is 10.00 Å². The number of aliphatic hydroxyl groups is 2. The molecule has 6 heterocycles. The second-order valence-corrected chi connectivity index (χ2v) is 19.9. The lowest BCUT2D eigenvalue weighted by Crippen LogP contribution is -3.00. The van der Waals surface area contributed by atoms with Crippen molar-refractivity contribution >= 4 is 0 Å². The number of nitriles is 1. The molecule has 6 aliphatic heterocycles. The minimum Gasteiger partial charge on any atom is -1.00 e. The molecule has 0 unspecified atom stereocenters. The second kappa shape index (κ2) is 21.9. The number of piperidine rings is 6. The van der Waals surface area contributed by atoms with E-state index in [2.05, 4.69) is 115 Å². The lowest BCUT2D eigenvalue weighted by molar-refractivity contribution is -0.958. The zero-order valence-corrected chi connectivity index (χ0v) is 42.0. The molecular weight excluding hydrogens is 958 g/mol. The van der Waals surface area contributed by atoms with Crippen LogP contribution in [0.15, 0.2) is 176 Å². The third kappa shape index (κ3) is 10.2. The first-order valence-electron chi connectivity index (χ1n) is 24.2. The highest BCUT2D eigenvalue weighted by atomic mass is 79.9. The third-order valence-electron chi connectivity index (χ3n) is 16.6. The summed E-state index contributed by atoms with van der Waals surface area (Å²) in [6.45, 7) is 10.6. The predicted octanol–water partition coefficient (Wildman–Crippen LogP) is 4.92. The van der Waals surface area contributed by atoms with Gasteiger partial charge in [-0.25, -0.2) is 0 Å². The molecule has 0 spiro atoms. The Morgan fingerprint density at radius 2 is 0.821 bits per heavy atom. The molecule has 0 aromatic heterocycles. The van der Waals surface area contributed by atoms with Crippen LogP contribution < -0.4 is 34.0 Å². The molecule has 350 valence electrons. The normalized spacial score (nSPS) is 24.0. The highest BCUT2D eigenvalue weighted by Gasteiger charge is 2.61. The zero-order chi connectivity index (χ0) is 44.7. The van der Waals surface area contributed by atoms with Gasteiger partial charge in [0.05, 0.1) is 64.1 Å². The summed E-state index contributed by atoms with van der Waals surface area (Å²) in [5, 5.41) is 34.0. The van der Waals surface area contributed by atoms with Gasteiger partial charge < -0.3 is 57.9 Å². The summed E-state index contributed by atoms with van der Waals surface area (Å²) >= 11 is 0. The van der Waals surface area contributed by atoms with Gasteiger partial charge in [0.25, 0.3) is 0 Å². The Morgan fingerprint density at radius 1 is 0.463 bits per heavy atom. The Morgan fingerprint density at radius 3 is 1.19 bits per heavy atom. The fourth-order valence-corrected chi connectivity index (χ4v) is 12.5. The molecule has 8 heteroatoms. The van der Waals surface area contributed by atoms with Crippen molar-refractivity contribution in [1.82, 2.24) is 0 Å². The van der Waals surface area contributed by atoms with Gasteiger partial charge in [0.15, 0.2) is 0 Å². The van der Waals surface area contributed by atoms with Crippen LogP contribution in [0.2, 0.25) is 0 Å². The number of hydrogen-bond acceptors (Lipinski definition) is 4. The summed E-state index contributed by atoms with van der Waals surface area (Å²) in [5.41, 5.74) is 5.23. The summed E-state index contributed by atoms with van der Waals surface area (Å²) in [6, 6.07) is 62.0. The lowest BCUT2D eigenvalue weighted by atomic mass is 9.56. The van der Waals surface area contributed by atoms with Crippen LogP contribution in [0.3, 0.4) is 0 Å². The van der Waals surface area contributed by atoms with Crippen LogP contribution in [0.25, 0.3) is 0 Å². The molecule has 4 bridgehead atoms. The Bertz CT molecular complexity index is 2360. The van der Waals surface area contributed by atoms with E-state index in [0.717, 1.165) is 110 Å². The van der Waals surface area contributed by atoms with Gasteiger partial charge in [-0.05, 0) is 52.8 Å². The molecule has 6 fully saturated rings. The molecule has 6 aromatic rings. The molecule has 6 saturated heterocycles. The third-order valence-corrected chi connectivity index (χ3v) is 16.6. The predicted molar refractivity (Wildman–Crippen MR) is 259 cm³/mol. The Hall–Kier alpha value is -4.43. The van der Waals surface area contributed by atoms with Gasteiger partial charge in [-0.3, -0.25) is 0 Å². The Labute approximate surface area is 420 Å². The molecule has 6 aliphatic rings. The largest absolute Gasteiger partial charge is 1.00 e. The average Bonchev–Trinajstić information content (AvgIpc) is 3.39. The molecule has 0 amide bonds. The van der Waals surface area contributed by atoms with Crippen LogP contribution in [-0.4, -0.2) is 71.6 Å². The van der Waals surface area contributed by atoms with E-state index in [1.807, 2.05) is 66.7 Å². The van der Waals surface area contributed by atoms with E-state index < -0.39 is 11.2 Å². The Balaban J connectivity index is 0.000000194. The maximum atomic E-state index is 12.5. The summed E-state index contributed by atoms with van der Waals surface area (Å²) in [5.74, 6) is 0. The first-order chi connectivity index (χ1) is 31.8. The highest BCUT2D eigenvalue weighted by Crippen LogP contribution is 2.59. The molecule has 0 aliphatic carbocycles. The van der Waals surface area contributed by atoms with Gasteiger partial charge in [-0.2, -0.15) is 5.26 Å². The first-order valence-corrected chi connectivity index (χ1v) is 24.2. The Kier molecular flexibility index (Phi) is 16.5. The quantitative estimate of drug-likeness (QED) is 0.113. The van der Waals surface area contributed by atoms with Gasteiger partial charge >= 0.3 is 0 Å². The number of halogens is 2. The van der Waals surface area contributed by atoms with Crippen LogP contribution in [0.5, 0.6) is 0 Å². The van der Waals surface area contributed by atoms with E-state index in [0.29, 0.717) is 6.61 Å². The van der Waals surface area contributed by atoms with E-state index in [-0.39, 0.29) is 44.8 Å². The maximum absolute atomic E-state index is 12.5. The fraction of sp³-hybridized carbons (Fsp3) is 0.373. The molecule has 67 heavy (non-hydrogen) atoms. The molecule has 0 atom stereocenters. The maximum Gasteiger partial charge on any atom is 0.121 e. The topological polar surface area (TPSA) is 73.5 Å². The number of benzene rings is 6. The number of rotatable bonds is 15. The van der Waals surface area contributed by atoms with E-state index in [1.165, 1.54) is 48.2 Å². The number of ether oxygens (including phenoxy) is 1. The number of hydrogen-bond donors (Lipinski definition) is 2. The van der Waals surface area contributed by atoms with E-state index >= 15 is 0 Å². The highest BCUT2D eigenvalue weighted by molar-refractivity contribution is 5.41. The van der Waals surface area contributed by atoms with Gasteiger partial charge in [-0.1, -0.05) is 164 Å². The minimum absolute atomic E-state index is 0. The minimum atomic E-state index is -0.972. The SMILES string of the molecule is N#Cc1ccc(C[N+]23CCC(C(O)(c4ccccc4)c4ccccc4)(CC2)CC3)cc1.OC(c1ccccc1)(c1ccccc1)C12CC[N+](CCCCOCc3ccccc3)(CC1)CC2.[Br-].[Br-]. The van der Waals surface area contributed by atoms with Gasteiger partial charge in [0.1, 0.15) is 17.7 Å². The van der Waals surface area contributed by atoms with Crippen molar-refractivity contribution in [2.45, 2.75) is 75.7 Å². The van der Waals surface area contributed by atoms with Crippen molar-refractivity contribution in [3.63, 3.8) is 0 Å². The first kappa shape index (κ1) is 50.4. The molecular formula is C59H67Br2N3O3. The van der Waals surface area contributed by atoms with Crippen molar-refractivity contribution in [1.29, 1.82) is 5.26 Å². The standard InChI is InChI=1S/C31H38NO2.C28H29N2O.2BrH/c33-31(28-14-6-2-7-15-28,29-16-8-3-9-17-29)30-18-22-32(23-19-30,24-20-30)21-10-11-25-34-26-27-12-4-1-5-13-27;29-21-23-11-13-24(14-12-23)22-30-18-15-27(16-19-30,17-20-30)28(31,25-7-3-1-4-8-25)26-9-5-2-6-10-26;;/h1-9,12-17,33H,10-11,18-26H2;1-14,31H,15-20,22H2;2*1H/q2*+1;;/p-2. The van der Waals surface area contributed by atoms with Crippen LogP contribution in [0, 0.1) is 22.2 Å². The number of unbranched alkanes of at least 4 members (excludes halogenated alkanes) is 1. The van der Waals surface area contributed by atoms with Gasteiger partial charge in [0, 0.05) is 61.5 Å². The molecule has 0 saturated carbocycles. The summed E-state index contributed by atoms with van der Waals surface area (Å²) in [6.07, 6.45) is 8.63. The van der Waals surface area contributed by atoms with Crippen LogP contribution in [0.1, 0.15) is 90.3 Å². The molecule has 0 radical (unpaired) electrons. The van der Waals surface area contributed by atoms with Crippen LogP contribution in [-0.2, 0) is 29.1 Å². The smallest absolute Gasteiger partial charge is 0.121 e. The van der Waals surface area contributed by atoms with E-state index in [1.54, 1.807) is 0 Å². The number of quaternary nitrogens is 2. The van der Waals surface area contributed by atoms with Crippen molar-refractivity contribution in [2.24, 2.45) is 10.8 Å². The zero-order valence-electron chi connectivity index (χ0n) is 38.9. The lowest BCUT2D eigenvalue weighted by Gasteiger charge is -2.60.